The van der Waals surface area contributed by atoms with Crippen molar-refractivity contribution in [3.05, 3.63) is 46.7 Å². The highest BCUT2D eigenvalue weighted by Crippen LogP contribution is 2.24. The minimum atomic E-state index is -0.404. The lowest BCUT2D eigenvalue weighted by molar-refractivity contribution is -0.118. The quantitative estimate of drug-likeness (QED) is 0.851. The van der Waals surface area contributed by atoms with E-state index in [2.05, 4.69) is 45.4 Å². The summed E-state index contributed by atoms with van der Waals surface area (Å²) < 4.78 is 2.58. The molecule has 0 aliphatic heterocycles. The number of rotatable bonds is 6. The number of nitrogens with one attached hydrogen (secondary N) is 1. The molecule has 1 unspecified atom stereocenters. The van der Waals surface area contributed by atoms with Crippen LogP contribution in [0.25, 0.3) is 0 Å². The van der Waals surface area contributed by atoms with Crippen LogP contribution in [0.3, 0.4) is 0 Å². The molecule has 20 heavy (non-hydrogen) atoms. The lowest BCUT2D eigenvalue weighted by Gasteiger charge is -2.17. The maximum Gasteiger partial charge on any atom is 0.239 e. The van der Waals surface area contributed by atoms with Gasteiger partial charge < -0.3 is 11.1 Å². The Hall–Kier alpha value is -1.82. The maximum atomic E-state index is 10.9. The minimum Gasteiger partial charge on any atom is -0.376 e. The first-order chi connectivity index (χ1) is 9.58. The lowest BCUT2D eigenvalue weighted by Crippen LogP contribution is -2.18. The Labute approximate surface area is 126 Å². The van der Waals surface area contributed by atoms with Crippen LogP contribution in [0, 0.1) is 0 Å². The third kappa shape index (κ3) is 3.84. The Bertz CT molecular complexity index is 596. The van der Waals surface area contributed by atoms with E-state index in [-0.39, 0.29) is 12.6 Å². The average molecular weight is 337 g/mol. The van der Waals surface area contributed by atoms with Crippen molar-refractivity contribution in [3.8, 4) is 0 Å². The van der Waals surface area contributed by atoms with Gasteiger partial charge in [0.2, 0.25) is 5.91 Å². The highest BCUT2D eigenvalue weighted by atomic mass is 79.9. The van der Waals surface area contributed by atoms with Crippen molar-refractivity contribution in [1.29, 1.82) is 0 Å². The number of amides is 1. The highest BCUT2D eigenvalue weighted by molar-refractivity contribution is 9.10. The molecular weight excluding hydrogens is 320 g/mol. The van der Waals surface area contributed by atoms with Crippen molar-refractivity contribution in [3.63, 3.8) is 0 Å². The molecule has 5 nitrogen and oxygen atoms in total. The van der Waals surface area contributed by atoms with Gasteiger partial charge in [-0.2, -0.15) is 5.10 Å². The van der Waals surface area contributed by atoms with Crippen LogP contribution in [0.2, 0.25) is 0 Å². The summed E-state index contributed by atoms with van der Waals surface area (Å²) in [6.07, 6.45) is 4.42. The Kier molecular flexibility index (Phi) is 4.79. The van der Waals surface area contributed by atoms with Crippen LogP contribution in [0.1, 0.15) is 24.9 Å². The van der Waals surface area contributed by atoms with Crippen LogP contribution in [-0.2, 0) is 11.3 Å². The molecule has 0 saturated heterocycles. The van der Waals surface area contributed by atoms with E-state index in [4.69, 9.17) is 5.73 Å². The molecule has 1 atom stereocenters. The van der Waals surface area contributed by atoms with E-state index in [0.717, 1.165) is 16.6 Å². The van der Waals surface area contributed by atoms with Gasteiger partial charge in [0, 0.05) is 10.7 Å². The molecule has 1 aromatic carbocycles. The van der Waals surface area contributed by atoms with Gasteiger partial charge in [0.25, 0.3) is 0 Å². The number of hydrogen-bond donors (Lipinski definition) is 2. The normalized spacial score (nSPS) is 12.1. The Balaban J connectivity index is 2.10. The fourth-order valence-corrected chi connectivity index (χ4v) is 2.45. The average Bonchev–Trinajstić information content (AvgIpc) is 2.82. The molecule has 6 heteroatoms. The van der Waals surface area contributed by atoms with Crippen LogP contribution in [0.4, 0.5) is 5.69 Å². The molecule has 0 aliphatic carbocycles. The summed E-state index contributed by atoms with van der Waals surface area (Å²) in [4.78, 5) is 10.9. The van der Waals surface area contributed by atoms with Gasteiger partial charge >= 0.3 is 0 Å². The number of hydrogen-bond acceptors (Lipinski definition) is 3. The van der Waals surface area contributed by atoms with Crippen molar-refractivity contribution in [2.24, 2.45) is 5.73 Å². The molecule has 0 spiro atoms. The topological polar surface area (TPSA) is 72.9 Å². The van der Waals surface area contributed by atoms with Gasteiger partial charge in [-0.15, -0.1) is 0 Å². The summed E-state index contributed by atoms with van der Waals surface area (Å²) in [5.41, 5.74) is 7.22. The first-order valence-corrected chi connectivity index (χ1v) is 7.20. The maximum absolute atomic E-state index is 10.9. The molecule has 0 radical (unpaired) electrons. The van der Waals surface area contributed by atoms with E-state index in [9.17, 15) is 4.79 Å². The first-order valence-electron chi connectivity index (χ1n) is 6.41. The third-order valence-electron chi connectivity index (χ3n) is 2.95. The monoisotopic (exact) mass is 336 g/mol. The molecule has 2 rings (SSSR count). The Morgan fingerprint density at radius 1 is 1.55 bits per heavy atom. The largest absolute Gasteiger partial charge is 0.376 e. The first kappa shape index (κ1) is 14.6. The molecular formula is C14H17BrN4O. The molecule has 106 valence electrons. The molecule has 1 aromatic heterocycles. The number of carbonyl (C=O) groups excluding carboxylic acids is 1. The van der Waals surface area contributed by atoms with Crippen LogP contribution in [-0.4, -0.2) is 15.7 Å². The third-order valence-corrected chi connectivity index (χ3v) is 3.44. The Morgan fingerprint density at radius 3 is 3.00 bits per heavy atom. The minimum absolute atomic E-state index is 0.0926. The van der Waals surface area contributed by atoms with Crippen LogP contribution < -0.4 is 11.1 Å². The van der Waals surface area contributed by atoms with Gasteiger partial charge in [0.15, 0.2) is 0 Å². The van der Waals surface area contributed by atoms with Gasteiger partial charge in [-0.05, 0) is 24.1 Å². The molecule has 0 saturated carbocycles. The second-order valence-corrected chi connectivity index (χ2v) is 5.47. The van der Waals surface area contributed by atoms with Crippen molar-refractivity contribution >= 4 is 27.5 Å². The number of benzene rings is 1. The standard InChI is InChI=1S/C14H17BrN4O/c1-2-13(10-4-3-5-11(15)6-10)18-12-7-17-19(8-12)9-14(16)20/h3-8,13,18H,2,9H2,1H3,(H2,16,20). The number of nitrogens with two attached hydrogens (primary N) is 1. The van der Waals surface area contributed by atoms with E-state index < -0.39 is 5.91 Å². The zero-order valence-corrected chi connectivity index (χ0v) is 12.8. The summed E-state index contributed by atoms with van der Waals surface area (Å²) in [6.45, 7) is 2.21. The predicted octanol–water partition coefficient (Wildman–Crippen LogP) is 2.69. The van der Waals surface area contributed by atoms with E-state index in [1.165, 1.54) is 10.2 Å². The lowest BCUT2D eigenvalue weighted by atomic mass is 10.0. The van der Waals surface area contributed by atoms with E-state index in [1.807, 2.05) is 12.1 Å². The number of halogens is 1. The van der Waals surface area contributed by atoms with Crippen molar-refractivity contribution in [2.75, 3.05) is 5.32 Å². The van der Waals surface area contributed by atoms with Crippen LogP contribution in [0.15, 0.2) is 41.1 Å². The van der Waals surface area contributed by atoms with E-state index in [1.54, 1.807) is 12.4 Å². The van der Waals surface area contributed by atoms with Crippen molar-refractivity contribution < 1.29 is 4.79 Å². The zero-order chi connectivity index (χ0) is 14.5. The fraction of sp³-hybridized carbons (Fsp3) is 0.286. The molecule has 3 N–H and O–H groups in total. The van der Waals surface area contributed by atoms with Crippen LogP contribution in [0.5, 0.6) is 0 Å². The fourth-order valence-electron chi connectivity index (χ4n) is 2.03. The number of carbonyl (C=O) groups is 1. The second-order valence-electron chi connectivity index (χ2n) is 4.55. The van der Waals surface area contributed by atoms with Gasteiger partial charge in [-0.1, -0.05) is 35.0 Å². The number of anilines is 1. The van der Waals surface area contributed by atoms with Gasteiger partial charge in [-0.3, -0.25) is 9.48 Å². The summed E-state index contributed by atoms with van der Waals surface area (Å²) in [5, 5.41) is 7.51. The van der Waals surface area contributed by atoms with Crippen LogP contribution >= 0.6 is 15.9 Å². The smallest absolute Gasteiger partial charge is 0.239 e. The van der Waals surface area contributed by atoms with Gasteiger partial charge in [-0.25, -0.2) is 0 Å². The summed E-state index contributed by atoms with van der Waals surface area (Å²) in [5.74, 6) is -0.404. The Morgan fingerprint density at radius 2 is 2.35 bits per heavy atom. The summed E-state index contributed by atoms with van der Waals surface area (Å²) in [6, 6.07) is 8.38. The SMILES string of the molecule is CCC(Nc1cnn(CC(N)=O)c1)c1cccc(Br)c1. The molecule has 0 aliphatic rings. The number of aromatic nitrogens is 2. The van der Waals surface area contributed by atoms with Crippen molar-refractivity contribution in [1.82, 2.24) is 9.78 Å². The molecule has 1 amide bonds. The van der Waals surface area contributed by atoms with Crippen molar-refractivity contribution in [2.45, 2.75) is 25.9 Å². The molecule has 0 bridgehead atoms. The van der Waals surface area contributed by atoms with Gasteiger partial charge in [0.05, 0.1) is 17.9 Å². The number of primary amides is 1. The number of nitrogens with zero attached hydrogens (tertiary/aromatic N) is 2. The molecule has 2 aromatic rings. The summed E-state index contributed by atoms with van der Waals surface area (Å²) in [7, 11) is 0. The van der Waals surface area contributed by atoms with Gasteiger partial charge in [0.1, 0.15) is 6.54 Å². The van der Waals surface area contributed by atoms with E-state index in [0.29, 0.717) is 0 Å². The second kappa shape index (κ2) is 6.56. The van der Waals surface area contributed by atoms with E-state index >= 15 is 0 Å². The zero-order valence-electron chi connectivity index (χ0n) is 11.2. The highest BCUT2D eigenvalue weighted by Gasteiger charge is 2.11. The predicted molar refractivity (Wildman–Crippen MR) is 82.2 cm³/mol. The molecule has 0 fully saturated rings. The summed E-state index contributed by atoms with van der Waals surface area (Å²) >= 11 is 3.48. The molecule has 1 heterocycles.